The monoisotopic (exact) mass is 535 g/mol. The molecule has 0 spiro atoms. The fraction of sp³-hybridized carbons (Fsp3) is 0.290. The van der Waals surface area contributed by atoms with Crippen molar-refractivity contribution in [1.82, 2.24) is 30.2 Å². The van der Waals surface area contributed by atoms with E-state index < -0.39 is 0 Å². The summed E-state index contributed by atoms with van der Waals surface area (Å²) in [7, 11) is 1.87. The smallest absolute Gasteiger partial charge is 0.138 e. The van der Waals surface area contributed by atoms with Crippen LogP contribution in [0, 0.1) is 12.8 Å². The molecule has 5 aromatic heterocycles. The zero-order chi connectivity index (χ0) is 26.8. The van der Waals surface area contributed by atoms with Crippen LogP contribution in [-0.4, -0.2) is 38.5 Å². The van der Waals surface area contributed by atoms with Crippen molar-refractivity contribution in [3.63, 3.8) is 0 Å². The number of thiophene rings is 1. The van der Waals surface area contributed by atoms with E-state index in [2.05, 4.69) is 63.4 Å². The summed E-state index contributed by atoms with van der Waals surface area (Å²) in [5, 5.41) is 6.84. The fourth-order valence-corrected chi connectivity index (χ4v) is 6.24. The van der Waals surface area contributed by atoms with Crippen molar-refractivity contribution >= 4 is 33.8 Å². The van der Waals surface area contributed by atoms with Gasteiger partial charge in [0.15, 0.2) is 0 Å². The third kappa shape index (κ3) is 5.35. The van der Waals surface area contributed by atoms with Crippen LogP contribution in [0.4, 0.5) is 5.82 Å². The lowest BCUT2D eigenvalue weighted by molar-refractivity contribution is 0.489. The lowest BCUT2D eigenvalue weighted by Gasteiger charge is -2.13. The average Bonchev–Trinajstić information content (AvgIpc) is 3.73. The molecule has 0 aromatic carbocycles. The van der Waals surface area contributed by atoms with Gasteiger partial charge >= 0.3 is 0 Å². The van der Waals surface area contributed by atoms with Crippen LogP contribution >= 0.6 is 11.3 Å². The first-order chi connectivity index (χ1) is 19.1. The molecule has 0 aliphatic heterocycles. The predicted molar refractivity (Wildman–Crippen MR) is 161 cm³/mol. The van der Waals surface area contributed by atoms with Crippen LogP contribution in [0.2, 0.25) is 0 Å². The van der Waals surface area contributed by atoms with Crippen molar-refractivity contribution in [2.45, 2.75) is 39.2 Å². The molecule has 1 saturated carbocycles. The Bertz CT molecular complexity index is 1630. The van der Waals surface area contributed by atoms with Crippen molar-refractivity contribution in [1.29, 1.82) is 0 Å². The van der Waals surface area contributed by atoms with Gasteiger partial charge in [-0.25, -0.2) is 9.97 Å². The van der Waals surface area contributed by atoms with E-state index in [1.54, 1.807) is 11.3 Å². The summed E-state index contributed by atoms with van der Waals surface area (Å²) in [5.41, 5.74) is 7.50. The van der Waals surface area contributed by atoms with Crippen molar-refractivity contribution in [3.05, 3.63) is 83.5 Å². The van der Waals surface area contributed by atoms with Gasteiger partial charge < -0.3 is 15.6 Å². The summed E-state index contributed by atoms with van der Waals surface area (Å²) >= 11 is 1.72. The number of pyridine rings is 3. The molecule has 3 N–H and O–H groups in total. The number of hydrogen-bond acceptors (Lipinski definition) is 7. The first-order valence-corrected chi connectivity index (χ1v) is 14.3. The lowest BCUT2D eigenvalue weighted by atomic mass is 10.0. The molecule has 0 atom stereocenters. The second-order valence-corrected chi connectivity index (χ2v) is 11.6. The summed E-state index contributed by atoms with van der Waals surface area (Å²) in [6.45, 7) is 8.41. The van der Waals surface area contributed by atoms with Gasteiger partial charge in [0.2, 0.25) is 0 Å². The number of nitrogens with zero attached hydrogens (tertiary/aromatic N) is 4. The third-order valence-corrected chi connectivity index (χ3v) is 8.48. The maximum absolute atomic E-state index is 4.95. The highest BCUT2D eigenvalue weighted by atomic mass is 32.1. The van der Waals surface area contributed by atoms with Gasteiger partial charge in [-0.15, -0.1) is 11.3 Å². The summed E-state index contributed by atoms with van der Waals surface area (Å²) in [4.78, 5) is 24.6. The van der Waals surface area contributed by atoms with Crippen LogP contribution < -0.4 is 10.6 Å². The Morgan fingerprint density at radius 3 is 2.72 bits per heavy atom. The number of aromatic amines is 1. The minimum atomic E-state index is 0.700. The van der Waals surface area contributed by atoms with Gasteiger partial charge in [-0.2, -0.15) is 0 Å². The largest absolute Gasteiger partial charge is 0.373 e. The zero-order valence-electron chi connectivity index (χ0n) is 22.4. The Morgan fingerprint density at radius 2 is 1.92 bits per heavy atom. The number of imidazole rings is 1. The minimum absolute atomic E-state index is 0.700. The van der Waals surface area contributed by atoms with Crippen LogP contribution in [0.15, 0.2) is 61.7 Å². The number of H-pyrrole nitrogens is 1. The molecule has 198 valence electrons. The van der Waals surface area contributed by atoms with Crippen molar-refractivity contribution in [3.8, 4) is 21.7 Å². The molecule has 0 bridgehead atoms. The molecule has 0 amide bonds. The Balaban J connectivity index is 1.28. The van der Waals surface area contributed by atoms with Crippen LogP contribution in [-0.2, 0) is 6.54 Å². The van der Waals surface area contributed by atoms with Crippen LogP contribution in [0.25, 0.3) is 38.3 Å². The molecule has 0 saturated heterocycles. The molecule has 0 radical (unpaired) electrons. The molecule has 1 aliphatic carbocycles. The van der Waals surface area contributed by atoms with E-state index in [4.69, 9.17) is 9.97 Å². The topological polar surface area (TPSA) is 91.4 Å². The molecular formula is C31H33N7S. The van der Waals surface area contributed by atoms with Gasteiger partial charge in [0.1, 0.15) is 22.9 Å². The van der Waals surface area contributed by atoms with Crippen LogP contribution in [0.5, 0.6) is 0 Å². The van der Waals surface area contributed by atoms with E-state index in [0.29, 0.717) is 5.82 Å². The van der Waals surface area contributed by atoms with E-state index >= 15 is 0 Å². The molecule has 8 heteroatoms. The quantitative estimate of drug-likeness (QED) is 0.192. The SMILES string of the molecule is C=C(c1nc2c(-c3ccc(C)s3)nccc2[nH]1)c1cc(-c2cncc(CNCC3CCCC3)c2)cnc1NC. The molecule has 7 nitrogen and oxygen atoms in total. The second-order valence-electron chi connectivity index (χ2n) is 10.3. The van der Waals surface area contributed by atoms with Gasteiger partial charge in [0.25, 0.3) is 0 Å². The zero-order valence-corrected chi connectivity index (χ0v) is 23.2. The predicted octanol–water partition coefficient (Wildman–Crippen LogP) is 6.83. The minimum Gasteiger partial charge on any atom is -0.373 e. The fourth-order valence-electron chi connectivity index (χ4n) is 5.38. The van der Waals surface area contributed by atoms with Crippen molar-refractivity contribution in [2.24, 2.45) is 5.92 Å². The molecule has 0 unspecified atom stereocenters. The third-order valence-electron chi connectivity index (χ3n) is 7.48. The normalized spacial score (nSPS) is 13.8. The van der Waals surface area contributed by atoms with E-state index in [1.807, 2.05) is 37.9 Å². The molecule has 6 rings (SSSR count). The number of aromatic nitrogens is 5. The Labute approximate surface area is 232 Å². The second kappa shape index (κ2) is 11.1. The summed E-state index contributed by atoms with van der Waals surface area (Å²) < 4.78 is 0. The van der Waals surface area contributed by atoms with Gasteiger partial charge in [-0.05, 0) is 68.1 Å². The molecule has 1 aliphatic rings. The number of aryl methyl sites for hydroxylation is 1. The van der Waals surface area contributed by atoms with Crippen LogP contribution in [0.3, 0.4) is 0 Å². The average molecular weight is 536 g/mol. The van der Waals surface area contributed by atoms with Gasteiger partial charge in [0.05, 0.1) is 10.4 Å². The maximum Gasteiger partial charge on any atom is 0.138 e. The highest BCUT2D eigenvalue weighted by molar-refractivity contribution is 7.15. The van der Waals surface area contributed by atoms with E-state index in [1.165, 1.54) is 36.1 Å². The van der Waals surface area contributed by atoms with Gasteiger partial charge in [-0.1, -0.05) is 19.4 Å². The summed E-state index contributed by atoms with van der Waals surface area (Å²) in [6, 6.07) is 10.5. The van der Waals surface area contributed by atoms with Gasteiger partial charge in [-0.3, -0.25) is 9.97 Å². The summed E-state index contributed by atoms with van der Waals surface area (Å²) in [6.07, 6.45) is 13.0. The highest BCUT2D eigenvalue weighted by Gasteiger charge is 2.18. The highest BCUT2D eigenvalue weighted by Crippen LogP contribution is 2.34. The first-order valence-electron chi connectivity index (χ1n) is 13.5. The maximum atomic E-state index is 4.95. The molecule has 39 heavy (non-hydrogen) atoms. The number of rotatable bonds is 9. The van der Waals surface area contributed by atoms with Crippen molar-refractivity contribution in [2.75, 3.05) is 18.9 Å². The van der Waals surface area contributed by atoms with Gasteiger partial charge in [0, 0.05) is 65.5 Å². The molecule has 1 fully saturated rings. The Kier molecular flexibility index (Phi) is 7.22. The number of anilines is 1. The standard InChI is InChI=1S/C31H33N7S/c1-19-8-9-27(39-19)29-28-26(10-11-35-29)37-30(38-28)20(2)25-13-24(18-36-31(25)32-3)23-12-22(16-34-17-23)15-33-14-21-6-4-5-7-21/h8-13,16-18,21,33H,2,4-7,14-15H2,1,3H3,(H,32,36)(H,37,38). The number of fused-ring (bicyclic) bond motifs is 1. The molecule has 5 aromatic rings. The van der Waals surface area contributed by atoms with Crippen molar-refractivity contribution < 1.29 is 0 Å². The number of nitrogens with one attached hydrogen (secondary N) is 3. The van der Waals surface area contributed by atoms with E-state index in [0.717, 1.165) is 68.7 Å². The number of hydrogen-bond donors (Lipinski definition) is 3. The van der Waals surface area contributed by atoms with Crippen LogP contribution in [0.1, 0.15) is 47.5 Å². The lowest BCUT2D eigenvalue weighted by Crippen LogP contribution is -2.20. The first kappa shape index (κ1) is 25.4. The Hall–Kier alpha value is -3.88. The van der Waals surface area contributed by atoms with E-state index in [9.17, 15) is 0 Å². The van der Waals surface area contributed by atoms with E-state index in [-0.39, 0.29) is 0 Å². The Morgan fingerprint density at radius 1 is 1.08 bits per heavy atom. The summed E-state index contributed by atoms with van der Waals surface area (Å²) in [5.74, 6) is 2.26. The molecule has 5 heterocycles. The molecular weight excluding hydrogens is 502 g/mol.